The van der Waals surface area contributed by atoms with E-state index in [0.29, 0.717) is 11.1 Å². The standard InChI is InChI=1S/C34H33Cl2FN2O6/c1-2-45-26-16-18(8-15-25(26)40)28-22-13-14-23-27(30(42)38(29(23)41)20-6-4-3-5-7-20)24(22)17-33(35)31(43)39(32(44)34(28,33)36)21-11-9-19(37)10-12-21/h8-13,15-16,20,23-24,27-28,40H,2-7,14,17H2,1H3. The van der Waals surface area contributed by atoms with Gasteiger partial charge in [-0.1, -0.05) is 37.0 Å². The van der Waals surface area contributed by atoms with Crippen LogP contribution in [0, 0.1) is 23.6 Å². The second-order valence-corrected chi connectivity index (χ2v) is 14.0. The Bertz CT molecular complexity index is 1640. The van der Waals surface area contributed by atoms with Crippen molar-refractivity contribution in [3.63, 3.8) is 0 Å². The Hall–Kier alpha value is -3.43. The van der Waals surface area contributed by atoms with Crippen molar-refractivity contribution in [1.29, 1.82) is 0 Å². The highest BCUT2D eigenvalue weighted by molar-refractivity contribution is 6.58. The number of ether oxygens (including phenoxy) is 1. The highest BCUT2D eigenvalue weighted by Crippen LogP contribution is 2.66. The van der Waals surface area contributed by atoms with Gasteiger partial charge in [0.2, 0.25) is 11.8 Å². The first-order chi connectivity index (χ1) is 21.5. The van der Waals surface area contributed by atoms with E-state index in [0.717, 1.165) is 49.1 Å². The van der Waals surface area contributed by atoms with Gasteiger partial charge in [-0.05, 0) is 80.5 Å². The molecular formula is C34H33Cl2FN2O6. The number of rotatable bonds is 5. The van der Waals surface area contributed by atoms with Crippen molar-refractivity contribution in [1.82, 2.24) is 4.90 Å². The van der Waals surface area contributed by atoms with E-state index in [2.05, 4.69) is 0 Å². The molecule has 2 aliphatic heterocycles. The van der Waals surface area contributed by atoms with Gasteiger partial charge in [0.05, 0.1) is 24.1 Å². The number of fused-ring (bicyclic) bond motifs is 4. The smallest absolute Gasteiger partial charge is 0.258 e. The maximum absolute atomic E-state index is 14.5. The summed E-state index contributed by atoms with van der Waals surface area (Å²) in [4.78, 5) is 55.1. The van der Waals surface area contributed by atoms with Crippen LogP contribution >= 0.6 is 23.2 Å². The number of nitrogens with zero attached hydrogens (tertiary/aromatic N) is 2. The van der Waals surface area contributed by atoms with E-state index in [1.165, 1.54) is 23.1 Å². The molecule has 4 amide bonds. The first kappa shape index (κ1) is 30.2. The molecule has 5 aliphatic rings. The van der Waals surface area contributed by atoms with Gasteiger partial charge in [0.15, 0.2) is 21.2 Å². The van der Waals surface area contributed by atoms with Crippen molar-refractivity contribution in [3.05, 3.63) is 65.5 Å². The summed E-state index contributed by atoms with van der Waals surface area (Å²) in [5, 5.41) is 10.5. The van der Waals surface area contributed by atoms with Gasteiger partial charge < -0.3 is 9.84 Å². The molecule has 7 rings (SSSR count). The van der Waals surface area contributed by atoms with Crippen molar-refractivity contribution in [2.45, 2.75) is 73.6 Å². The van der Waals surface area contributed by atoms with Gasteiger partial charge in [-0.3, -0.25) is 24.1 Å². The van der Waals surface area contributed by atoms with E-state index < -0.39 is 51.1 Å². The fraction of sp³-hybridized carbons (Fsp3) is 0.471. The first-order valence-corrected chi connectivity index (χ1v) is 16.3. The van der Waals surface area contributed by atoms with Gasteiger partial charge in [-0.2, -0.15) is 0 Å². The van der Waals surface area contributed by atoms with Gasteiger partial charge in [-0.25, -0.2) is 9.29 Å². The number of alkyl halides is 2. The molecule has 236 valence electrons. The average molecular weight is 656 g/mol. The minimum Gasteiger partial charge on any atom is -0.504 e. The van der Waals surface area contributed by atoms with Crippen LogP contribution in [0.3, 0.4) is 0 Å². The quantitative estimate of drug-likeness (QED) is 0.247. The minimum atomic E-state index is -2.05. The summed E-state index contributed by atoms with van der Waals surface area (Å²) >= 11 is 14.8. The molecule has 0 spiro atoms. The molecular weight excluding hydrogens is 622 g/mol. The Morgan fingerprint density at radius 1 is 0.956 bits per heavy atom. The topological polar surface area (TPSA) is 104 Å². The number of hydrogen-bond acceptors (Lipinski definition) is 6. The fourth-order valence-electron chi connectivity index (χ4n) is 8.48. The second-order valence-electron chi connectivity index (χ2n) is 12.7. The summed E-state index contributed by atoms with van der Waals surface area (Å²) in [5.74, 6) is -5.53. The summed E-state index contributed by atoms with van der Waals surface area (Å²) in [5.41, 5.74) is 1.24. The zero-order chi connectivity index (χ0) is 31.8. The Labute approximate surface area is 270 Å². The summed E-state index contributed by atoms with van der Waals surface area (Å²) in [6, 6.07) is 9.37. The Morgan fingerprint density at radius 3 is 2.36 bits per heavy atom. The number of imide groups is 2. The molecule has 2 saturated carbocycles. The van der Waals surface area contributed by atoms with Crippen molar-refractivity contribution in [2.24, 2.45) is 17.8 Å². The van der Waals surface area contributed by atoms with Gasteiger partial charge >= 0.3 is 0 Å². The molecule has 4 fully saturated rings. The van der Waals surface area contributed by atoms with Crippen molar-refractivity contribution in [2.75, 3.05) is 11.5 Å². The second kappa shape index (κ2) is 10.8. The molecule has 0 bridgehead atoms. The molecule has 2 aromatic carbocycles. The monoisotopic (exact) mass is 654 g/mol. The third kappa shape index (κ3) is 4.22. The maximum atomic E-state index is 14.5. The number of likely N-dealkylation sites (tertiary alicyclic amines) is 1. The van der Waals surface area contributed by atoms with Crippen LogP contribution in [0.2, 0.25) is 0 Å². The van der Waals surface area contributed by atoms with E-state index in [4.69, 9.17) is 27.9 Å². The number of benzene rings is 2. The Morgan fingerprint density at radius 2 is 1.67 bits per heavy atom. The first-order valence-electron chi connectivity index (χ1n) is 15.6. The molecule has 2 heterocycles. The van der Waals surface area contributed by atoms with Crippen LogP contribution in [0.4, 0.5) is 10.1 Å². The van der Waals surface area contributed by atoms with Gasteiger partial charge in [-0.15, -0.1) is 23.2 Å². The third-order valence-corrected chi connectivity index (χ3v) is 11.9. The number of phenols is 1. The molecule has 6 unspecified atom stereocenters. The number of phenolic OH excluding ortho intramolecular Hbond substituents is 1. The lowest BCUT2D eigenvalue weighted by molar-refractivity contribution is -0.143. The molecule has 8 nitrogen and oxygen atoms in total. The van der Waals surface area contributed by atoms with E-state index in [9.17, 15) is 28.7 Å². The highest BCUT2D eigenvalue weighted by Gasteiger charge is 2.76. The molecule has 45 heavy (non-hydrogen) atoms. The van der Waals surface area contributed by atoms with Gasteiger partial charge in [0, 0.05) is 12.0 Å². The molecule has 0 aromatic heterocycles. The lowest BCUT2D eigenvalue weighted by Gasteiger charge is -2.50. The van der Waals surface area contributed by atoms with Crippen LogP contribution < -0.4 is 9.64 Å². The predicted octanol–water partition coefficient (Wildman–Crippen LogP) is 5.83. The molecule has 2 saturated heterocycles. The molecule has 3 aliphatic carbocycles. The lowest BCUT2D eigenvalue weighted by Crippen LogP contribution is -2.60. The van der Waals surface area contributed by atoms with Crippen LogP contribution in [0.1, 0.15) is 63.4 Å². The van der Waals surface area contributed by atoms with Crippen molar-refractivity contribution in [3.8, 4) is 11.5 Å². The van der Waals surface area contributed by atoms with Crippen LogP contribution in [-0.2, 0) is 19.2 Å². The van der Waals surface area contributed by atoms with E-state index in [-0.39, 0.29) is 54.5 Å². The van der Waals surface area contributed by atoms with Crippen LogP contribution in [0.15, 0.2) is 54.1 Å². The van der Waals surface area contributed by atoms with Crippen LogP contribution in [0.5, 0.6) is 11.5 Å². The number of carbonyl (C=O) groups excluding carboxylic acids is 4. The Kier molecular flexibility index (Phi) is 7.28. The number of halogens is 3. The van der Waals surface area contributed by atoms with Crippen molar-refractivity contribution < 1.29 is 33.4 Å². The summed E-state index contributed by atoms with van der Waals surface area (Å²) in [7, 11) is 0. The lowest BCUT2D eigenvalue weighted by atomic mass is 9.56. The van der Waals surface area contributed by atoms with E-state index in [1.807, 2.05) is 6.08 Å². The predicted molar refractivity (Wildman–Crippen MR) is 165 cm³/mol. The SMILES string of the molecule is CCOc1cc(C2C3=CCC4C(=O)N(C5CCCCC5)C(=O)C4C3CC3(Cl)C(=O)N(c4ccc(F)cc4)C(=O)C23Cl)ccc1O. The number of carbonyl (C=O) groups is 4. The molecule has 6 atom stereocenters. The molecule has 1 N–H and O–H groups in total. The molecule has 11 heteroatoms. The van der Waals surface area contributed by atoms with Crippen LogP contribution in [-0.4, -0.2) is 56.0 Å². The average Bonchev–Trinajstić information content (AvgIpc) is 3.37. The summed E-state index contributed by atoms with van der Waals surface area (Å²) in [6.07, 6.45) is 6.53. The van der Waals surface area contributed by atoms with E-state index >= 15 is 0 Å². The van der Waals surface area contributed by atoms with Crippen molar-refractivity contribution >= 4 is 52.5 Å². The van der Waals surface area contributed by atoms with Gasteiger partial charge in [0.1, 0.15) is 5.82 Å². The number of aromatic hydroxyl groups is 1. The summed E-state index contributed by atoms with van der Waals surface area (Å²) in [6.45, 7) is 2.02. The number of anilines is 1. The number of hydrogen-bond donors (Lipinski definition) is 1. The normalized spacial score (nSPS) is 33.2. The molecule has 2 aromatic rings. The van der Waals surface area contributed by atoms with E-state index in [1.54, 1.807) is 19.1 Å². The fourth-order valence-corrected chi connectivity index (χ4v) is 9.41. The molecule has 0 radical (unpaired) electrons. The maximum Gasteiger partial charge on any atom is 0.258 e. The van der Waals surface area contributed by atoms with Gasteiger partial charge in [0.25, 0.3) is 11.8 Å². The number of allylic oxidation sites excluding steroid dienone is 2. The third-order valence-electron chi connectivity index (χ3n) is 10.5. The zero-order valence-corrected chi connectivity index (χ0v) is 26.2. The zero-order valence-electron chi connectivity index (χ0n) is 24.7. The number of amides is 4. The summed E-state index contributed by atoms with van der Waals surface area (Å²) < 4.78 is 19.5. The van der Waals surface area contributed by atoms with Crippen LogP contribution in [0.25, 0.3) is 0 Å². The Balaban J connectivity index is 1.39. The highest BCUT2D eigenvalue weighted by atomic mass is 35.5. The minimum absolute atomic E-state index is 0.116. The largest absolute Gasteiger partial charge is 0.504 e.